The summed E-state index contributed by atoms with van der Waals surface area (Å²) in [6, 6.07) is 0. The average molecular weight is 260 g/mol. The molecular formula is C13H21FO4. The minimum atomic E-state index is -1.03. The zero-order chi connectivity index (χ0) is 14.0. The topological polar surface area (TPSA) is 52.6 Å². The molecule has 1 fully saturated rings. The minimum Gasteiger partial charge on any atom is -0.466 e. The van der Waals surface area contributed by atoms with Crippen LogP contribution in [0.1, 0.15) is 47.0 Å². The highest BCUT2D eigenvalue weighted by molar-refractivity contribution is 5.84. The van der Waals surface area contributed by atoms with E-state index in [9.17, 15) is 14.0 Å². The van der Waals surface area contributed by atoms with Crippen LogP contribution < -0.4 is 0 Å². The Morgan fingerprint density at radius 3 is 2.28 bits per heavy atom. The molecule has 0 amide bonds. The molecule has 0 aliphatic heterocycles. The monoisotopic (exact) mass is 260 g/mol. The van der Waals surface area contributed by atoms with Crippen molar-refractivity contribution >= 4 is 11.9 Å². The fraction of sp³-hybridized carbons (Fsp3) is 0.846. The van der Waals surface area contributed by atoms with Crippen molar-refractivity contribution in [3.8, 4) is 0 Å². The van der Waals surface area contributed by atoms with Gasteiger partial charge in [-0.1, -0.05) is 0 Å². The summed E-state index contributed by atoms with van der Waals surface area (Å²) < 4.78 is 23.1. The van der Waals surface area contributed by atoms with Gasteiger partial charge >= 0.3 is 11.9 Å². The summed E-state index contributed by atoms with van der Waals surface area (Å²) in [5, 5.41) is 0. The van der Waals surface area contributed by atoms with E-state index < -0.39 is 29.1 Å². The zero-order valence-electron chi connectivity index (χ0n) is 11.4. The molecule has 0 radical (unpaired) electrons. The SMILES string of the molecule is CCOC(=O)C1(CC(=O)OC(C)(C)C)CC(F)C1. The van der Waals surface area contributed by atoms with Gasteiger partial charge in [0.2, 0.25) is 0 Å². The number of ether oxygens (including phenoxy) is 2. The number of hydrogen-bond acceptors (Lipinski definition) is 4. The molecule has 0 aromatic heterocycles. The highest BCUT2D eigenvalue weighted by Gasteiger charge is 2.53. The summed E-state index contributed by atoms with van der Waals surface area (Å²) in [6.07, 6.45) is -1.04. The number of esters is 2. The fourth-order valence-electron chi connectivity index (χ4n) is 2.11. The second kappa shape index (κ2) is 5.24. The first-order valence-electron chi connectivity index (χ1n) is 6.22. The van der Waals surface area contributed by atoms with Crippen LogP contribution in [-0.2, 0) is 19.1 Å². The lowest BCUT2D eigenvalue weighted by Gasteiger charge is -2.41. The number of alkyl halides is 1. The fourth-order valence-corrected chi connectivity index (χ4v) is 2.11. The number of carbonyl (C=O) groups is 2. The van der Waals surface area contributed by atoms with E-state index in [-0.39, 0.29) is 25.9 Å². The Bertz CT molecular complexity index is 326. The van der Waals surface area contributed by atoms with Gasteiger partial charge in [0.1, 0.15) is 11.8 Å². The van der Waals surface area contributed by atoms with Crippen LogP contribution in [0.2, 0.25) is 0 Å². The zero-order valence-corrected chi connectivity index (χ0v) is 11.4. The molecule has 4 nitrogen and oxygen atoms in total. The molecule has 0 atom stereocenters. The quantitative estimate of drug-likeness (QED) is 0.728. The van der Waals surface area contributed by atoms with Gasteiger partial charge in [0.05, 0.1) is 18.4 Å². The standard InChI is InChI=1S/C13H21FO4/c1-5-17-11(16)13(6-9(14)7-13)8-10(15)18-12(2,3)4/h9H,5-8H2,1-4H3. The smallest absolute Gasteiger partial charge is 0.312 e. The van der Waals surface area contributed by atoms with Crippen LogP contribution >= 0.6 is 0 Å². The van der Waals surface area contributed by atoms with Crippen molar-refractivity contribution in [3.05, 3.63) is 0 Å². The summed E-state index contributed by atoms with van der Waals surface area (Å²) in [6.45, 7) is 7.17. The molecule has 5 heteroatoms. The Hall–Kier alpha value is -1.13. The molecule has 1 aliphatic carbocycles. The first kappa shape index (κ1) is 14.9. The maximum Gasteiger partial charge on any atom is 0.312 e. The Labute approximate surface area is 107 Å². The maximum atomic E-state index is 13.0. The van der Waals surface area contributed by atoms with Gasteiger partial charge < -0.3 is 9.47 Å². The van der Waals surface area contributed by atoms with Crippen LogP contribution in [0.3, 0.4) is 0 Å². The lowest BCUT2D eigenvalue weighted by Crippen LogP contribution is -2.48. The molecule has 104 valence electrons. The predicted molar refractivity (Wildman–Crippen MR) is 63.7 cm³/mol. The summed E-state index contributed by atoms with van der Waals surface area (Å²) in [7, 11) is 0. The Morgan fingerprint density at radius 2 is 1.89 bits per heavy atom. The lowest BCUT2D eigenvalue weighted by molar-refractivity contribution is -0.176. The molecule has 1 aliphatic rings. The van der Waals surface area contributed by atoms with Crippen molar-refractivity contribution in [1.29, 1.82) is 0 Å². The summed E-state index contributed by atoms with van der Waals surface area (Å²) >= 11 is 0. The second-order valence-electron chi connectivity index (χ2n) is 5.77. The van der Waals surface area contributed by atoms with Crippen molar-refractivity contribution in [2.24, 2.45) is 5.41 Å². The van der Waals surface area contributed by atoms with Crippen molar-refractivity contribution < 1.29 is 23.5 Å². The van der Waals surface area contributed by atoms with E-state index in [1.807, 2.05) is 0 Å². The van der Waals surface area contributed by atoms with E-state index in [1.54, 1.807) is 27.7 Å². The third-order valence-corrected chi connectivity index (χ3v) is 2.84. The maximum absolute atomic E-state index is 13.0. The van der Waals surface area contributed by atoms with Gasteiger partial charge in [-0.15, -0.1) is 0 Å². The molecule has 0 N–H and O–H groups in total. The van der Waals surface area contributed by atoms with Gasteiger partial charge in [-0.2, -0.15) is 0 Å². The van der Waals surface area contributed by atoms with E-state index in [2.05, 4.69) is 0 Å². The Kier molecular flexibility index (Phi) is 4.35. The average Bonchev–Trinajstić information content (AvgIpc) is 2.11. The minimum absolute atomic E-state index is 0.0467. The number of carbonyl (C=O) groups excluding carboxylic acids is 2. The molecule has 0 unspecified atom stereocenters. The lowest BCUT2D eigenvalue weighted by atomic mass is 9.65. The molecule has 0 heterocycles. The first-order chi connectivity index (χ1) is 8.18. The largest absolute Gasteiger partial charge is 0.466 e. The number of rotatable bonds is 4. The van der Waals surface area contributed by atoms with Crippen molar-refractivity contribution in [2.75, 3.05) is 6.61 Å². The molecule has 18 heavy (non-hydrogen) atoms. The first-order valence-corrected chi connectivity index (χ1v) is 6.22. The molecule has 0 aromatic carbocycles. The van der Waals surface area contributed by atoms with Gasteiger partial charge in [-0.25, -0.2) is 4.39 Å². The van der Waals surface area contributed by atoms with Crippen LogP contribution in [0.25, 0.3) is 0 Å². The molecule has 0 saturated heterocycles. The normalized spacial score (nSPS) is 27.3. The van der Waals surface area contributed by atoms with Crippen LogP contribution in [0.5, 0.6) is 0 Å². The highest BCUT2D eigenvalue weighted by atomic mass is 19.1. The molecule has 1 rings (SSSR count). The summed E-state index contributed by atoms with van der Waals surface area (Å²) in [5.41, 5.74) is -1.62. The second-order valence-corrected chi connectivity index (χ2v) is 5.77. The molecule has 0 aromatic rings. The van der Waals surface area contributed by atoms with Crippen LogP contribution in [0, 0.1) is 5.41 Å². The van der Waals surface area contributed by atoms with Gasteiger partial charge in [0.15, 0.2) is 0 Å². The van der Waals surface area contributed by atoms with E-state index in [0.29, 0.717) is 0 Å². The van der Waals surface area contributed by atoms with Gasteiger partial charge in [0, 0.05) is 0 Å². The van der Waals surface area contributed by atoms with Crippen LogP contribution in [-0.4, -0.2) is 30.3 Å². The Morgan fingerprint density at radius 1 is 1.33 bits per heavy atom. The summed E-state index contributed by atoms with van der Waals surface area (Å²) in [5.74, 6) is -0.979. The van der Waals surface area contributed by atoms with E-state index in [4.69, 9.17) is 9.47 Å². The van der Waals surface area contributed by atoms with E-state index in [0.717, 1.165) is 0 Å². The third kappa shape index (κ3) is 3.68. The van der Waals surface area contributed by atoms with E-state index >= 15 is 0 Å². The highest BCUT2D eigenvalue weighted by Crippen LogP contribution is 2.47. The molecular weight excluding hydrogens is 239 g/mol. The van der Waals surface area contributed by atoms with Crippen molar-refractivity contribution in [2.45, 2.75) is 58.7 Å². The number of hydrogen-bond donors (Lipinski definition) is 0. The van der Waals surface area contributed by atoms with Gasteiger partial charge in [-0.05, 0) is 40.5 Å². The van der Waals surface area contributed by atoms with Crippen LogP contribution in [0.4, 0.5) is 4.39 Å². The predicted octanol–water partition coefficient (Wildman–Crippen LogP) is 2.40. The van der Waals surface area contributed by atoms with Gasteiger partial charge in [0.25, 0.3) is 0 Å². The third-order valence-electron chi connectivity index (χ3n) is 2.84. The molecule has 0 spiro atoms. The summed E-state index contributed by atoms with van der Waals surface area (Å²) in [4.78, 5) is 23.5. The molecule has 0 bridgehead atoms. The van der Waals surface area contributed by atoms with Gasteiger partial charge in [-0.3, -0.25) is 9.59 Å². The molecule has 1 saturated carbocycles. The van der Waals surface area contributed by atoms with E-state index in [1.165, 1.54) is 0 Å². The van der Waals surface area contributed by atoms with Crippen molar-refractivity contribution in [1.82, 2.24) is 0 Å². The van der Waals surface area contributed by atoms with Crippen molar-refractivity contribution in [3.63, 3.8) is 0 Å². The van der Waals surface area contributed by atoms with Crippen LogP contribution in [0.15, 0.2) is 0 Å². The Balaban J connectivity index is 2.64. The number of halogens is 1.